The van der Waals surface area contributed by atoms with Crippen LogP contribution in [0.15, 0.2) is 5.16 Å². The number of carbonyl (C=O) groups excluding carboxylic acids is 1. The molecule has 0 unspecified atom stereocenters. The molecule has 5 heteroatoms. The molecule has 0 amide bonds. The van der Waals surface area contributed by atoms with Crippen LogP contribution in [0.1, 0.15) is 12.8 Å². The van der Waals surface area contributed by atoms with Gasteiger partial charge < -0.3 is 14.6 Å². The first-order valence-corrected chi connectivity index (χ1v) is 5.67. The standard InChI is InChI=1S/C11H21N3O2/c1-12-16-11(15)10-4-6-14(7-5-10)9-8-13(2)3/h10H,1,4-9H2,2-3H3. The molecule has 92 valence electrons. The average molecular weight is 227 g/mol. The summed E-state index contributed by atoms with van der Waals surface area (Å²) >= 11 is 0. The van der Waals surface area contributed by atoms with Gasteiger partial charge in [-0.3, -0.25) is 0 Å². The van der Waals surface area contributed by atoms with Crippen LogP contribution < -0.4 is 0 Å². The lowest BCUT2D eigenvalue weighted by Crippen LogP contribution is -2.39. The van der Waals surface area contributed by atoms with Crippen LogP contribution in [0.25, 0.3) is 0 Å². The molecule has 0 radical (unpaired) electrons. The molecular weight excluding hydrogens is 206 g/mol. The van der Waals surface area contributed by atoms with Crippen molar-refractivity contribution in [2.45, 2.75) is 12.8 Å². The van der Waals surface area contributed by atoms with Crippen molar-refractivity contribution < 1.29 is 9.63 Å². The van der Waals surface area contributed by atoms with Crippen LogP contribution >= 0.6 is 0 Å². The maximum atomic E-state index is 11.4. The van der Waals surface area contributed by atoms with Crippen molar-refractivity contribution in [3.63, 3.8) is 0 Å². The molecule has 5 nitrogen and oxygen atoms in total. The van der Waals surface area contributed by atoms with Crippen LogP contribution in [-0.4, -0.2) is 62.8 Å². The third-order valence-electron chi connectivity index (χ3n) is 2.94. The van der Waals surface area contributed by atoms with E-state index < -0.39 is 0 Å². The molecule has 0 aromatic heterocycles. The van der Waals surface area contributed by atoms with Gasteiger partial charge in [-0.15, -0.1) is 0 Å². The topological polar surface area (TPSA) is 45.1 Å². The summed E-state index contributed by atoms with van der Waals surface area (Å²) in [6.45, 7) is 7.20. The fourth-order valence-corrected chi connectivity index (χ4v) is 1.87. The van der Waals surface area contributed by atoms with E-state index in [9.17, 15) is 4.79 Å². The van der Waals surface area contributed by atoms with Gasteiger partial charge in [-0.2, -0.15) is 0 Å². The van der Waals surface area contributed by atoms with Crippen molar-refractivity contribution in [1.82, 2.24) is 9.80 Å². The number of piperidine rings is 1. The van der Waals surface area contributed by atoms with Crippen LogP contribution in [0.2, 0.25) is 0 Å². The smallest absolute Gasteiger partial charge is 0.319 e. The first-order chi connectivity index (χ1) is 7.63. The monoisotopic (exact) mass is 227 g/mol. The first kappa shape index (κ1) is 13.1. The van der Waals surface area contributed by atoms with Gasteiger partial charge in [-0.1, -0.05) is 5.16 Å². The van der Waals surface area contributed by atoms with E-state index in [2.05, 4.69) is 40.6 Å². The number of carbonyl (C=O) groups is 1. The SMILES string of the molecule is C=NOC(=O)C1CCN(CCN(C)C)CC1. The zero-order valence-corrected chi connectivity index (χ0v) is 10.2. The van der Waals surface area contributed by atoms with Gasteiger partial charge in [0, 0.05) is 19.8 Å². The van der Waals surface area contributed by atoms with Crippen molar-refractivity contribution in [3.05, 3.63) is 0 Å². The number of hydrogen-bond acceptors (Lipinski definition) is 5. The summed E-state index contributed by atoms with van der Waals surface area (Å²) in [4.78, 5) is 20.5. The summed E-state index contributed by atoms with van der Waals surface area (Å²) < 4.78 is 0. The highest BCUT2D eigenvalue weighted by atomic mass is 16.7. The predicted octanol–water partition coefficient (Wildman–Crippen LogP) is 0.419. The second-order valence-electron chi connectivity index (χ2n) is 4.46. The fraction of sp³-hybridized carbons (Fsp3) is 0.818. The molecule has 1 fully saturated rings. The van der Waals surface area contributed by atoms with Crippen LogP contribution in [0.3, 0.4) is 0 Å². The highest BCUT2D eigenvalue weighted by molar-refractivity contribution is 5.72. The van der Waals surface area contributed by atoms with Crippen LogP contribution in [0.5, 0.6) is 0 Å². The normalized spacial score (nSPS) is 18.7. The molecule has 0 aliphatic carbocycles. The van der Waals surface area contributed by atoms with Gasteiger partial charge in [0.05, 0.1) is 5.92 Å². The largest absolute Gasteiger partial charge is 0.338 e. The molecule has 0 saturated carbocycles. The molecule has 16 heavy (non-hydrogen) atoms. The lowest BCUT2D eigenvalue weighted by atomic mass is 9.97. The number of likely N-dealkylation sites (tertiary alicyclic amines) is 1. The second-order valence-corrected chi connectivity index (χ2v) is 4.46. The quantitative estimate of drug-likeness (QED) is 0.388. The second kappa shape index (κ2) is 6.60. The average Bonchev–Trinajstić information content (AvgIpc) is 2.27. The Balaban J connectivity index is 2.23. The van der Waals surface area contributed by atoms with E-state index in [0.29, 0.717) is 0 Å². The maximum Gasteiger partial charge on any atom is 0.338 e. The zero-order valence-electron chi connectivity index (χ0n) is 10.2. The highest BCUT2D eigenvalue weighted by Gasteiger charge is 2.26. The van der Waals surface area contributed by atoms with Gasteiger partial charge >= 0.3 is 5.97 Å². The Kier molecular flexibility index (Phi) is 5.42. The fourth-order valence-electron chi connectivity index (χ4n) is 1.87. The molecule has 1 saturated heterocycles. The molecule has 0 N–H and O–H groups in total. The summed E-state index contributed by atoms with van der Waals surface area (Å²) in [6, 6.07) is 0. The van der Waals surface area contributed by atoms with Gasteiger partial charge in [-0.25, -0.2) is 4.79 Å². The minimum absolute atomic E-state index is 0.00102. The van der Waals surface area contributed by atoms with E-state index in [1.54, 1.807) is 0 Å². The van der Waals surface area contributed by atoms with Gasteiger partial charge in [0.15, 0.2) is 0 Å². The maximum absolute atomic E-state index is 11.4. The zero-order chi connectivity index (χ0) is 12.0. The predicted molar refractivity (Wildman–Crippen MR) is 63.4 cm³/mol. The van der Waals surface area contributed by atoms with Crippen molar-refractivity contribution >= 4 is 12.7 Å². The molecule has 1 aliphatic heterocycles. The number of hydrogen-bond donors (Lipinski definition) is 0. The molecule has 1 rings (SSSR count). The Labute approximate surface area is 97.0 Å². The van der Waals surface area contributed by atoms with Crippen LogP contribution in [0, 0.1) is 5.92 Å². The number of oxime groups is 1. The molecule has 0 bridgehead atoms. The van der Waals surface area contributed by atoms with Gasteiger partial charge in [0.1, 0.15) is 0 Å². The molecule has 0 aromatic rings. The van der Waals surface area contributed by atoms with E-state index in [-0.39, 0.29) is 11.9 Å². The Morgan fingerprint density at radius 1 is 1.50 bits per heavy atom. The minimum Gasteiger partial charge on any atom is -0.319 e. The van der Waals surface area contributed by atoms with Crippen molar-refractivity contribution in [2.75, 3.05) is 40.3 Å². The summed E-state index contributed by atoms with van der Waals surface area (Å²) in [5.41, 5.74) is 0. The lowest BCUT2D eigenvalue weighted by Gasteiger charge is -2.30. The Morgan fingerprint density at radius 3 is 2.62 bits per heavy atom. The van der Waals surface area contributed by atoms with Gasteiger partial charge in [-0.05, 0) is 40.0 Å². The minimum atomic E-state index is -0.234. The number of likely N-dealkylation sites (N-methyl/N-ethyl adjacent to an activating group) is 1. The third kappa shape index (κ3) is 4.28. The summed E-state index contributed by atoms with van der Waals surface area (Å²) in [5.74, 6) is -0.233. The Bertz CT molecular complexity index is 235. The molecule has 0 atom stereocenters. The van der Waals surface area contributed by atoms with Crippen LogP contribution in [0.4, 0.5) is 0 Å². The van der Waals surface area contributed by atoms with Crippen molar-refractivity contribution in [3.8, 4) is 0 Å². The molecule has 0 spiro atoms. The molecular formula is C11H21N3O2. The lowest BCUT2D eigenvalue weighted by molar-refractivity contribution is -0.150. The molecule has 1 heterocycles. The van der Waals surface area contributed by atoms with E-state index in [1.165, 1.54) is 0 Å². The van der Waals surface area contributed by atoms with E-state index in [0.717, 1.165) is 39.0 Å². The highest BCUT2D eigenvalue weighted by Crippen LogP contribution is 2.18. The van der Waals surface area contributed by atoms with Crippen molar-refractivity contribution in [1.29, 1.82) is 0 Å². The summed E-state index contributed by atoms with van der Waals surface area (Å²) in [5, 5.41) is 3.17. The third-order valence-corrected chi connectivity index (χ3v) is 2.94. The summed E-state index contributed by atoms with van der Waals surface area (Å²) in [6.07, 6.45) is 1.73. The van der Waals surface area contributed by atoms with Gasteiger partial charge in [0.2, 0.25) is 0 Å². The first-order valence-electron chi connectivity index (χ1n) is 5.67. The summed E-state index contributed by atoms with van der Waals surface area (Å²) in [7, 11) is 4.14. The van der Waals surface area contributed by atoms with Crippen LogP contribution in [-0.2, 0) is 9.63 Å². The Morgan fingerprint density at radius 2 is 2.12 bits per heavy atom. The van der Waals surface area contributed by atoms with Gasteiger partial charge in [0.25, 0.3) is 0 Å². The van der Waals surface area contributed by atoms with Crippen molar-refractivity contribution in [2.24, 2.45) is 11.1 Å². The van der Waals surface area contributed by atoms with E-state index in [1.807, 2.05) is 0 Å². The van der Waals surface area contributed by atoms with E-state index >= 15 is 0 Å². The number of nitrogens with zero attached hydrogens (tertiary/aromatic N) is 3. The molecule has 0 aromatic carbocycles. The number of rotatable bonds is 5. The molecule has 1 aliphatic rings. The Hall–Kier alpha value is -0.940. The van der Waals surface area contributed by atoms with E-state index in [4.69, 9.17) is 0 Å².